The first-order chi connectivity index (χ1) is 10.3. The van der Waals surface area contributed by atoms with Crippen LogP contribution in [0.2, 0.25) is 0 Å². The van der Waals surface area contributed by atoms with E-state index in [-0.39, 0.29) is 0 Å². The zero-order valence-corrected chi connectivity index (χ0v) is 12.4. The maximum atomic E-state index is 2.32. The summed E-state index contributed by atoms with van der Waals surface area (Å²) in [5.74, 6) is 0. The van der Waals surface area contributed by atoms with Crippen molar-refractivity contribution < 1.29 is 0 Å². The second-order valence-corrected chi connectivity index (χ2v) is 5.59. The van der Waals surface area contributed by atoms with Gasteiger partial charge >= 0.3 is 0 Å². The second-order valence-electron chi connectivity index (χ2n) is 5.59. The molecular weight excluding hydrogens is 252 g/mol. The average molecular weight is 272 g/mol. The molecule has 3 aromatic carbocycles. The third-order valence-corrected chi connectivity index (χ3v) is 3.90. The van der Waals surface area contributed by atoms with Gasteiger partial charge in [-0.3, -0.25) is 0 Å². The first-order valence-electron chi connectivity index (χ1n) is 7.47. The van der Waals surface area contributed by atoms with Crippen LogP contribution in [-0.4, -0.2) is 0 Å². The molecule has 0 spiro atoms. The predicted molar refractivity (Wildman–Crippen MR) is 89.7 cm³/mol. The van der Waals surface area contributed by atoms with Gasteiger partial charge in [0, 0.05) is 0 Å². The van der Waals surface area contributed by atoms with Crippen LogP contribution in [0, 0.1) is 6.92 Å². The first-order valence-corrected chi connectivity index (χ1v) is 7.47. The van der Waals surface area contributed by atoms with Gasteiger partial charge < -0.3 is 0 Å². The Bertz CT molecular complexity index is 697. The minimum atomic E-state index is 1.01. The smallest absolute Gasteiger partial charge is 0.00231 e. The van der Waals surface area contributed by atoms with Gasteiger partial charge in [-0.25, -0.2) is 0 Å². The van der Waals surface area contributed by atoms with Crippen LogP contribution in [0.15, 0.2) is 78.9 Å². The van der Waals surface area contributed by atoms with Crippen LogP contribution >= 0.6 is 0 Å². The van der Waals surface area contributed by atoms with Crippen LogP contribution in [0.4, 0.5) is 0 Å². The minimum absolute atomic E-state index is 1.01. The fourth-order valence-corrected chi connectivity index (χ4v) is 2.71. The molecule has 3 aromatic rings. The summed E-state index contributed by atoms with van der Waals surface area (Å²) in [6.07, 6.45) is 2.02. The van der Waals surface area contributed by atoms with Gasteiger partial charge in [-0.2, -0.15) is 0 Å². The maximum Gasteiger partial charge on any atom is -0.00231 e. The molecule has 0 N–H and O–H groups in total. The number of benzene rings is 3. The number of rotatable bonds is 4. The van der Waals surface area contributed by atoms with E-state index in [2.05, 4.69) is 85.8 Å². The van der Waals surface area contributed by atoms with Crippen LogP contribution in [0.5, 0.6) is 0 Å². The summed E-state index contributed by atoms with van der Waals surface area (Å²) in [5, 5.41) is 0. The van der Waals surface area contributed by atoms with Crippen LogP contribution in [0.3, 0.4) is 0 Å². The lowest BCUT2D eigenvalue weighted by Gasteiger charge is -2.09. The van der Waals surface area contributed by atoms with Crippen LogP contribution in [0.25, 0.3) is 0 Å². The Kier molecular flexibility index (Phi) is 4.16. The molecule has 0 saturated heterocycles. The topological polar surface area (TPSA) is 0 Å². The molecule has 0 aliphatic heterocycles. The molecule has 0 heterocycles. The summed E-state index contributed by atoms with van der Waals surface area (Å²) in [7, 11) is 0. The highest BCUT2D eigenvalue weighted by atomic mass is 14.1. The highest BCUT2D eigenvalue weighted by Gasteiger charge is 2.02. The fraction of sp³-hybridized carbons (Fsp3) is 0.143. The molecule has 3 rings (SSSR count). The molecule has 0 bridgehead atoms. The van der Waals surface area contributed by atoms with Crippen molar-refractivity contribution in [2.75, 3.05) is 0 Å². The van der Waals surface area contributed by atoms with E-state index < -0.39 is 0 Å². The van der Waals surface area contributed by atoms with Gasteiger partial charge in [0.2, 0.25) is 0 Å². The Hall–Kier alpha value is -2.34. The van der Waals surface area contributed by atoms with Crippen molar-refractivity contribution in [3.8, 4) is 0 Å². The monoisotopic (exact) mass is 272 g/mol. The van der Waals surface area contributed by atoms with Crippen molar-refractivity contribution in [3.05, 3.63) is 107 Å². The van der Waals surface area contributed by atoms with E-state index in [1.54, 1.807) is 0 Å². The lowest BCUT2D eigenvalue weighted by atomic mass is 9.96. The minimum Gasteiger partial charge on any atom is -0.0622 e. The molecule has 104 valence electrons. The van der Waals surface area contributed by atoms with E-state index in [1.807, 2.05) is 0 Å². The molecule has 0 saturated carbocycles. The Morgan fingerprint density at radius 1 is 0.571 bits per heavy atom. The molecule has 0 radical (unpaired) electrons. The first kappa shape index (κ1) is 13.6. The normalized spacial score (nSPS) is 10.5. The summed E-state index contributed by atoms with van der Waals surface area (Å²) in [6.45, 7) is 2.22. The number of aryl methyl sites for hydroxylation is 1. The van der Waals surface area contributed by atoms with Gasteiger partial charge in [-0.1, -0.05) is 78.9 Å². The van der Waals surface area contributed by atoms with Gasteiger partial charge in [-0.05, 0) is 47.6 Å². The quantitative estimate of drug-likeness (QED) is 0.614. The van der Waals surface area contributed by atoms with Crippen LogP contribution in [0.1, 0.15) is 27.8 Å². The lowest BCUT2D eigenvalue weighted by Crippen LogP contribution is -1.95. The van der Waals surface area contributed by atoms with Crippen molar-refractivity contribution in [1.82, 2.24) is 0 Å². The van der Waals surface area contributed by atoms with Crippen molar-refractivity contribution in [2.24, 2.45) is 0 Å². The zero-order valence-electron chi connectivity index (χ0n) is 12.4. The zero-order chi connectivity index (χ0) is 14.5. The largest absolute Gasteiger partial charge is 0.0622 e. The van der Waals surface area contributed by atoms with E-state index in [4.69, 9.17) is 0 Å². The van der Waals surface area contributed by atoms with E-state index in [1.165, 1.54) is 27.8 Å². The fourth-order valence-electron chi connectivity index (χ4n) is 2.71. The van der Waals surface area contributed by atoms with Gasteiger partial charge in [0.25, 0.3) is 0 Å². The summed E-state index contributed by atoms with van der Waals surface area (Å²) < 4.78 is 0. The van der Waals surface area contributed by atoms with Crippen molar-refractivity contribution >= 4 is 0 Å². The summed E-state index contributed by atoms with van der Waals surface area (Å²) in [5.41, 5.74) is 6.92. The summed E-state index contributed by atoms with van der Waals surface area (Å²) in [6, 6.07) is 28.2. The van der Waals surface area contributed by atoms with Gasteiger partial charge in [0.1, 0.15) is 0 Å². The molecule has 21 heavy (non-hydrogen) atoms. The molecule has 0 unspecified atom stereocenters. The third kappa shape index (κ3) is 3.61. The standard InChI is InChI=1S/C21H20/c1-17-14-20(15-18-8-4-2-5-9-18)12-13-21(17)16-19-10-6-3-7-11-19/h2-14H,15-16H2,1H3. The molecule has 0 heteroatoms. The average Bonchev–Trinajstić information content (AvgIpc) is 2.52. The molecule has 0 atom stereocenters. The van der Waals surface area contributed by atoms with Crippen molar-refractivity contribution in [3.63, 3.8) is 0 Å². The lowest BCUT2D eigenvalue weighted by molar-refractivity contribution is 1.12. The predicted octanol–water partition coefficient (Wildman–Crippen LogP) is 5.18. The maximum absolute atomic E-state index is 2.32. The molecule has 0 aliphatic carbocycles. The Morgan fingerprint density at radius 2 is 1.14 bits per heavy atom. The Balaban J connectivity index is 1.77. The molecule has 0 nitrogen and oxygen atoms in total. The number of hydrogen-bond acceptors (Lipinski definition) is 0. The number of hydrogen-bond donors (Lipinski definition) is 0. The van der Waals surface area contributed by atoms with E-state index in [0.717, 1.165) is 12.8 Å². The van der Waals surface area contributed by atoms with E-state index in [0.29, 0.717) is 0 Å². The van der Waals surface area contributed by atoms with E-state index >= 15 is 0 Å². The van der Waals surface area contributed by atoms with Gasteiger partial charge in [-0.15, -0.1) is 0 Å². The van der Waals surface area contributed by atoms with Crippen LogP contribution < -0.4 is 0 Å². The summed E-state index contributed by atoms with van der Waals surface area (Å²) in [4.78, 5) is 0. The summed E-state index contributed by atoms with van der Waals surface area (Å²) >= 11 is 0. The molecule has 0 amide bonds. The highest BCUT2D eigenvalue weighted by molar-refractivity contribution is 5.37. The Labute approximate surface area is 127 Å². The SMILES string of the molecule is Cc1cc(Cc2ccccc2)ccc1Cc1ccccc1. The molecule has 0 aliphatic rings. The highest BCUT2D eigenvalue weighted by Crippen LogP contribution is 2.18. The van der Waals surface area contributed by atoms with Crippen LogP contribution in [-0.2, 0) is 12.8 Å². The molecular formula is C21H20. The van der Waals surface area contributed by atoms with Crippen molar-refractivity contribution in [1.29, 1.82) is 0 Å². The van der Waals surface area contributed by atoms with Crippen molar-refractivity contribution in [2.45, 2.75) is 19.8 Å². The van der Waals surface area contributed by atoms with Gasteiger partial charge in [0.15, 0.2) is 0 Å². The third-order valence-electron chi connectivity index (χ3n) is 3.90. The molecule has 0 aromatic heterocycles. The van der Waals surface area contributed by atoms with Gasteiger partial charge in [0.05, 0.1) is 0 Å². The molecule has 0 fully saturated rings. The Morgan fingerprint density at radius 3 is 1.71 bits per heavy atom. The second kappa shape index (κ2) is 6.41. The van der Waals surface area contributed by atoms with E-state index in [9.17, 15) is 0 Å².